The van der Waals surface area contributed by atoms with E-state index in [0.717, 1.165) is 12.0 Å². The second kappa shape index (κ2) is 6.39. The van der Waals surface area contributed by atoms with Crippen LogP contribution < -0.4 is 5.32 Å². The van der Waals surface area contributed by atoms with Gasteiger partial charge in [0.25, 0.3) is 5.91 Å². The normalized spacial score (nSPS) is 11.9. The van der Waals surface area contributed by atoms with Crippen LogP contribution in [-0.2, 0) is 0 Å². The number of hydrogen-bond donors (Lipinski definition) is 1. The summed E-state index contributed by atoms with van der Waals surface area (Å²) in [7, 11) is 0. The maximum Gasteiger partial charge on any atom is 0.251 e. The predicted octanol–water partition coefficient (Wildman–Crippen LogP) is 4.22. The first kappa shape index (κ1) is 13.6. The van der Waals surface area contributed by atoms with Crippen molar-refractivity contribution in [2.75, 3.05) is 0 Å². The van der Waals surface area contributed by atoms with Crippen LogP contribution in [0.2, 0.25) is 5.02 Å². The Hall–Kier alpha value is -1.80. The minimum Gasteiger partial charge on any atom is -0.345 e. The summed E-state index contributed by atoms with van der Waals surface area (Å²) in [5.74, 6) is -0.0989. The average molecular weight is 274 g/mol. The molecule has 1 atom stereocenters. The molecule has 0 spiro atoms. The Morgan fingerprint density at radius 3 is 2.53 bits per heavy atom. The molecule has 0 aliphatic carbocycles. The van der Waals surface area contributed by atoms with Gasteiger partial charge in [-0.05, 0) is 30.2 Å². The van der Waals surface area contributed by atoms with Crippen molar-refractivity contribution in [3.63, 3.8) is 0 Å². The smallest absolute Gasteiger partial charge is 0.251 e. The van der Waals surface area contributed by atoms with Crippen molar-refractivity contribution in [1.82, 2.24) is 5.32 Å². The van der Waals surface area contributed by atoms with Crippen molar-refractivity contribution >= 4 is 17.5 Å². The number of halogens is 1. The molecule has 0 aromatic heterocycles. The zero-order valence-corrected chi connectivity index (χ0v) is 11.5. The molecule has 0 heterocycles. The monoisotopic (exact) mass is 273 g/mol. The Morgan fingerprint density at radius 2 is 1.89 bits per heavy atom. The Morgan fingerprint density at radius 1 is 1.16 bits per heavy atom. The number of amides is 1. The molecule has 3 heteroatoms. The molecule has 1 amide bonds. The third kappa shape index (κ3) is 3.58. The molecule has 2 nitrogen and oxygen atoms in total. The molecule has 0 unspecified atom stereocenters. The van der Waals surface area contributed by atoms with Gasteiger partial charge in [0.05, 0.1) is 6.04 Å². The van der Waals surface area contributed by atoms with Crippen molar-refractivity contribution in [2.24, 2.45) is 0 Å². The lowest BCUT2D eigenvalue weighted by Crippen LogP contribution is -2.28. The molecule has 0 aliphatic heterocycles. The van der Waals surface area contributed by atoms with Crippen LogP contribution in [0.25, 0.3) is 0 Å². The highest BCUT2D eigenvalue weighted by Gasteiger charge is 2.13. The van der Waals surface area contributed by atoms with E-state index >= 15 is 0 Å². The van der Waals surface area contributed by atoms with Crippen LogP contribution in [0.5, 0.6) is 0 Å². The van der Waals surface area contributed by atoms with Gasteiger partial charge in [0.2, 0.25) is 0 Å². The first-order valence-electron chi connectivity index (χ1n) is 6.32. The predicted molar refractivity (Wildman–Crippen MR) is 78.4 cm³/mol. The van der Waals surface area contributed by atoms with Crippen LogP contribution in [0.4, 0.5) is 0 Å². The summed E-state index contributed by atoms with van der Waals surface area (Å²) in [5, 5.41) is 3.60. The lowest BCUT2D eigenvalue weighted by molar-refractivity contribution is 0.0935. The molecule has 19 heavy (non-hydrogen) atoms. The van der Waals surface area contributed by atoms with Crippen molar-refractivity contribution in [2.45, 2.75) is 19.4 Å². The van der Waals surface area contributed by atoms with Gasteiger partial charge in [-0.1, -0.05) is 54.9 Å². The molecule has 0 fully saturated rings. The van der Waals surface area contributed by atoms with Crippen LogP contribution in [0, 0.1) is 0 Å². The van der Waals surface area contributed by atoms with E-state index in [1.54, 1.807) is 24.3 Å². The molecule has 0 saturated heterocycles. The first-order chi connectivity index (χ1) is 9.20. The van der Waals surface area contributed by atoms with Crippen molar-refractivity contribution in [3.8, 4) is 0 Å². The van der Waals surface area contributed by atoms with Crippen LogP contribution in [0.15, 0.2) is 54.6 Å². The SMILES string of the molecule is CC[C@@H](NC(=O)c1cccc(Cl)c1)c1ccccc1. The molecule has 2 aromatic carbocycles. The van der Waals surface area contributed by atoms with E-state index < -0.39 is 0 Å². The summed E-state index contributed by atoms with van der Waals surface area (Å²) < 4.78 is 0. The molecule has 2 aromatic rings. The Balaban J connectivity index is 2.13. The summed E-state index contributed by atoms with van der Waals surface area (Å²) in [6.07, 6.45) is 0.844. The quantitative estimate of drug-likeness (QED) is 0.888. The summed E-state index contributed by atoms with van der Waals surface area (Å²) in [5.41, 5.74) is 1.70. The molecule has 0 aliphatic rings. The van der Waals surface area contributed by atoms with Crippen molar-refractivity contribution < 1.29 is 4.79 Å². The Bertz CT molecular complexity index is 554. The van der Waals surface area contributed by atoms with Gasteiger partial charge >= 0.3 is 0 Å². The molecule has 0 saturated carbocycles. The van der Waals surface area contributed by atoms with E-state index in [4.69, 9.17) is 11.6 Å². The Labute approximate surface area is 118 Å². The van der Waals surface area contributed by atoms with Crippen LogP contribution in [0.3, 0.4) is 0 Å². The maximum atomic E-state index is 12.2. The van der Waals surface area contributed by atoms with Crippen molar-refractivity contribution in [1.29, 1.82) is 0 Å². The summed E-state index contributed by atoms with van der Waals surface area (Å²) in [4.78, 5) is 12.2. The minimum atomic E-state index is -0.0989. The lowest BCUT2D eigenvalue weighted by atomic mass is 10.0. The number of carbonyl (C=O) groups is 1. The summed E-state index contributed by atoms with van der Waals surface area (Å²) in [6.45, 7) is 2.05. The highest BCUT2D eigenvalue weighted by Crippen LogP contribution is 2.17. The highest BCUT2D eigenvalue weighted by molar-refractivity contribution is 6.30. The highest BCUT2D eigenvalue weighted by atomic mass is 35.5. The van der Waals surface area contributed by atoms with Crippen LogP contribution >= 0.6 is 11.6 Å². The number of hydrogen-bond acceptors (Lipinski definition) is 1. The van der Waals surface area contributed by atoms with Gasteiger partial charge in [0.1, 0.15) is 0 Å². The average Bonchev–Trinajstić information content (AvgIpc) is 2.45. The molecular formula is C16H16ClNO. The first-order valence-corrected chi connectivity index (χ1v) is 6.70. The summed E-state index contributed by atoms with van der Waals surface area (Å²) >= 11 is 5.90. The Kier molecular flexibility index (Phi) is 4.58. The standard InChI is InChI=1S/C16H16ClNO/c1-2-15(12-7-4-3-5-8-12)18-16(19)13-9-6-10-14(17)11-13/h3-11,15H,2H2,1H3,(H,18,19)/t15-/m1/s1. The molecule has 98 valence electrons. The molecule has 0 bridgehead atoms. The fourth-order valence-electron chi connectivity index (χ4n) is 1.98. The minimum absolute atomic E-state index is 0.0210. The number of nitrogens with one attached hydrogen (secondary N) is 1. The third-order valence-corrected chi connectivity index (χ3v) is 3.24. The van der Waals surface area contributed by atoms with Gasteiger partial charge in [-0.25, -0.2) is 0 Å². The number of benzene rings is 2. The van der Waals surface area contributed by atoms with E-state index in [2.05, 4.69) is 12.2 Å². The van der Waals surface area contributed by atoms with Gasteiger partial charge < -0.3 is 5.32 Å². The molecule has 0 radical (unpaired) electrons. The zero-order valence-electron chi connectivity index (χ0n) is 10.8. The van der Waals surface area contributed by atoms with Crippen LogP contribution in [-0.4, -0.2) is 5.91 Å². The molecular weight excluding hydrogens is 258 g/mol. The van der Waals surface area contributed by atoms with Gasteiger partial charge in [-0.15, -0.1) is 0 Å². The largest absolute Gasteiger partial charge is 0.345 e. The van der Waals surface area contributed by atoms with Gasteiger partial charge in [0.15, 0.2) is 0 Å². The fourth-order valence-corrected chi connectivity index (χ4v) is 2.17. The van der Waals surface area contributed by atoms with Gasteiger partial charge in [0, 0.05) is 10.6 Å². The lowest BCUT2D eigenvalue weighted by Gasteiger charge is -2.17. The fraction of sp³-hybridized carbons (Fsp3) is 0.188. The van der Waals surface area contributed by atoms with Gasteiger partial charge in [-0.3, -0.25) is 4.79 Å². The van der Waals surface area contributed by atoms with Crippen molar-refractivity contribution in [3.05, 3.63) is 70.7 Å². The number of carbonyl (C=O) groups excluding carboxylic acids is 1. The molecule has 1 N–H and O–H groups in total. The van der Waals surface area contributed by atoms with E-state index in [9.17, 15) is 4.79 Å². The molecule has 2 rings (SSSR count). The van der Waals surface area contributed by atoms with E-state index in [1.807, 2.05) is 30.3 Å². The van der Waals surface area contributed by atoms with E-state index in [-0.39, 0.29) is 11.9 Å². The third-order valence-electron chi connectivity index (χ3n) is 3.00. The second-order valence-electron chi connectivity index (χ2n) is 4.36. The maximum absolute atomic E-state index is 12.2. The summed E-state index contributed by atoms with van der Waals surface area (Å²) in [6, 6.07) is 17.0. The van der Waals surface area contributed by atoms with E-state index in [1.165, 1.54) is 0 Å². The topological polar surface area (TPSA) is 29.1 Å². The zero-order chi connectivity index (χ0) is 13.7. The van der Waals surface area contributed by atoms with Crippen LogP contribution in [0.1, 0.15) is 35.3 Å². The van der Waals surface area contributed by atoms with E-state index in [0.29, 0.717) is 10.6 Å². The van der Waals surface area contributed by atoms with Gasteiger partial charge in [-0.2, -0.15) is 0 Å². The number of rotatable bonds is 4. The second-order valence-corrected chi connectivity index (χ2v) is 4.79.